The maximum absolute atomic E-state index is 12.8. The lowest BCUT2D eigenvalue weighted by Crippen LogP contribution is -2.43. The van der Waals surface area contributed by atoms with Crippen LogP contribution in [0.3, 0.4) is 0 Å². The molecular weight excluding hydrogens is 460 g/mol. The third-order valence-corrected chi connectivity index (χ3v) is 7.78. The van der Waals surface area contributed by atoms with Crippen LogP contribution in [0.4, 0.5) is 0 Å². The topological polar surface area (TPSA) is 118 Å². The van der Waals surface area contributed by atoms with Gasteiger partial charge in [-0.3, -0.25) is 19.3 Å². The molecule has 0 radical (unpaired) electrons. The SMILES string of the molecule is CCN(C(=O)COC(=O)c1ccc2c(c1)C(=O)N(Cc1ccccc1)C2=O)[C@H]1CCS(=O)(=O)C1. The molecule has 1 saturated heterocycles. The minimum Gasteiger partial charge on any atom is -0.452 e. The summed E-state index contributed by atoms with van der Waals surface area (Å²) in [4.78, 5) is 53.1. The summed E-state index contributed by atoms with van der Waals surface area (Å²) < 4.78 is 28.6. The van der Waals surface area contributed by atoms with E-state index in [1.54, 1.807) is 6.92 Å². The van der Waals surface area contributed by atoms with E-state index in [0.29, 0.717) is 13.0 Å². The number of fused-ring (bicyclic) bond motifs is 1. The zero-order valence-corrected chi connectivity index (χ0v) is 19.4. The first-order valence-electron chi connectivity index (χ1n) is 10.9. The van der Waals surface area contributed by atoms with Gasteiger partial charge in [-0.1, -0.05) is 30.3 Å². The number of ether oxygens (including phenoxy) is 1. The van der Waals surface area contributed by atoms with Crippen LogP contribution in [-0.2, 0) is 25.9 Å². The molecule has 0 bridgehead atoms. The van der Waals surface area contributed by atoms with Crippen LogP contribution in [0, 0.1) is 0 Å². The summed E-state index contributed by atoms with van der Waals surface area (Å²) in [5, 5.41) is 0. The number of sulfone groups is 1. The largest absolute Gasteiger partial charge is 0.452 e. The number of rotatable bonds is 7. The fraction of sp³-hybridized carbons (Fsp3) is 0.333. The molecule has 0 N–H and O–H groups in total. The van der Waals surface area contributed by atoms with Crippen LogP contribution in [0.1, 0.15) is 50.0 Å². The van der Waals surface area contributed by atoms with Gasteiger partial charge in [0.15, 0.2) is 16.4 Å². The van der Waals surface area contributed by atoms with Crippen molar-refractivity contribution in [3.05, 3.63) is 70.8 Å². The highest BCUT2D eigenvalue weighted by Gasteiger charge is 2.37. The van der Waals surface area contributed by atoms with Gasteiger partial charge in [-0.15, -0.1) is 0 Å². The number of amides is 3. The number of hydrogen-bond acceptors (Lipinski definition) is 7. The number of carbonyl (C=O) groups excluding carboxylic acids is 4. The molecule has 3 amide bonds. The summed E-state index contributed by atoms with van der Waals surface area (Å²) in [5.74, 6) is -2.31. The van der Waals surface area contributed by atoms with Crippen LogP contribution in [0.25, 0.3) is 0 Å². The first-order chi connectivity index (χ1) is 16.2. The number of nitrogens with zero attached hydrogens (tertiary/aromatic N) is 2. The molecule has 2 aromatic carbocycles. The number of hydrogen-bond donors (Lipinski definition) is 0. The average molecular weight is 485 g/mol. The highest BCUT2D eigenvalue weighted by Crippen LogP contribution is 2.26. The van der Waals surface area contributed by atoms with E-state index < -0.39 is 46.2 Å². The van der Waals surface area contributed by atoms with Crippen molar-refractivity contribution in [2.45, 2.75) is 25.9 Å². The van der Waals surface area contributed by atoms with Gasteiger partial charge >= 0.3 is 5.97 Å². The van der Waals surface area contributed by atoms with Gasteiger partial charge in [-0.2, -0.15) is 0 Å². The Morgan fingerprint density at radius 1 is 1.06 bits per heavy atom. The quantitative estimate of drug-likeness (QED) is 0.433. The summed E-state index contributed by atoms with van der Waals surface area (Å²) in [5.41, 5.74) is 1.15. The maximum Gasteiger partial charge on any atom is 0.338 e. The van der Waals surface area contributed by atoms with Gasteiger partial charge in [-0.25, -0.2) is 13.2 Å². The molecule has 4 rings (SSSR count). The van der Waals surface area contributed by atoms with E-state index in [2.05, 4.69) is 0 Å². The monoisotopic (exact) mass is 484 g/mol. The summed E-state index contributed by atoms with van der Waals surface area (Å²) in [7, 11) is -3.16. The summed E-state index contributed by atoms with van der Waals surface area (Å²) >= 11 is 0. The van der Waals surface area contributed by atoms with E-state index in [9.17, 15) is 27.6 Å². The smallest absolute Gasteiger partial charge is 0.338 e. The third kappa shape index (κ3) is 4.72. The molecule has 0 saturated carbocycles. The van der Waals surface area contributed by atoms with Crippen molar-refractivity contribution in [1.29, 1.82) is 0 Å². The lowest BCUT2D eigenvalue weighted by atomic mass is 10.1. The fourth-order valence-electron chi connectivity index (χ4n) is 4.28. The zero-order chi connectivity index (χ0) is 24.5. The molecule has 0 spiro atoms. The third-order valence-electron chi connectivity index (χ3n) is 6.03. The molecule has 2 aliphatic heterocycles. The van der Waals surface area contributed by atoms with Crippen molar-refractivity contribution < 1.29 is 32.3 Å². The van der Waals surface area contributed by atoms with Crippen LogP contribution in [-0.4, -0.2) is 72.6 Å². The number of imide groups is 1. The molecule has 0 unspecified atom stereocenters. The van der Waals surface area contributed by atoms with Crippen molar-refractivity contribution in [3.63, 3.8) is 0 Å². The minimum atomic E-state index is -3.16. The molecule has 1 atom stereocenters. The van der Waals surface area contributed by atoms with Crippen LogP contribution in [0.15, 0.2) is 48.5 Å². The fourth-order valence-corrected chi connectivity index (χ4v) is 6.01. The second-order valence-electron chi connectivity index (χ2n) is 8.26. The average Bonchev–Trinajstić information content (AvgIpc) is 3.30. The molecule has 178 valence electrons. The van der Waals surface area contributed by atoms with E-state index in [1.807, 2.05) is 30.3 Å². The Bertz CT molecular complexity index is 1260. The van der Waals surface area contributed by atoms with Crippen LogP contribution in [0.2, 0.25) is 0 Å². The Morgan fingerprint density at radius 3 is 2.41 bits per heavy atom. The van der Waals surface area contributed by atoms with Crippen LogP contribution >= 0.6 is 0 Å². The van der Waals surface area contributed by atoms with Gasteiger partial charge in [0.25, 0.3) is 17.7 Å². The van der Waals surface area contributed by atoms with Gasteiger partial charge in [-0.05, 0) is 37.1 Å². The van der Waals surface area contributed by atoms with Crippen molar-refractivity contribution in [3.8, 4) is 0 Å². The Kier molecular flexibility index (Phi) is 6.52. The Morgan fingerprint density at radius 2 is 1.76 bits per heavy atom. The number of benzene rings is 2. The first kappa shape index (κ1) is 23.6. The van der Waals surface area contributed by atoms with Crippen LogP contribution < -0.4 is 0 Å². The van der Waals surface area contributed by atoms with Crippen molar-refractivity contribution in [1.82, 2.24) is 9.80 Å². The highest BCUT2D eigenvalue weighted by molar-refractivity contribution is 7.91. The van der Waals surface area contributed by atoms with Crippen molar-refractivity contribution in [2.75, 3.05) is 24.7 Å². The predicted octanol–water partition coefficient (Wildman–Crippen LogP) is 1.68. The van der Waals surface area contributed by atoms with E-state index >= 15 is 0 Å². The molecule has 2 aliphatic rings. The lowest BCUT2D eigenvalue weighted by Gasteiger charge is -2.26. The molecule has 9 nitrogen and oxygen atoms in total. The van der Waals surface area contributed by atoms with Gasteiger partial charge in [0.05, 0.1) is 34.7 Å². The minimum absolute atomic E-state index is 0.0321. The van der Waals surface area contributed by atoms with Gasteiger partial charge in [0.1, 0.15) is 0 Å². The number of esters is 1. The molecule has 0 aromatic heterocycles. The second kappa shape index (κ2) is 9.38. The zero-order valence-electron chi connectivity index (χ0n) is 18.6. The molecule has 1 fully saturated rings. The van der Waals surface area contributed by atoms with Crippen LogP contribution in [0.5, 0.6) is 0 Å². The molecular formula is C24H24N2O7S. The van der Waals surface area contributed by atoms with Gasteiger partial charge in [0, 0.05) is 12.6 Å². The van der Waals surface area contributed by atoms with Gasteiger partial charge in [0.2, 0.25) is 0 Å². The molecule has 10 heteroatoms. The Labute approximate surface area is 197 Å². The number of likely N-dealkylation sites (N-methyl/N-ethyl adjacent to an activating group) is 1. The lowest BCUT2D eigenvalue weighted by molar-refractivity contribution is -0.136. The molecule has 2 heterocycles. The highest BCUT2D eigenvalue weighted by atomic mass is 32.2. The molecule has 2 aromatic rings. The first-order valence-corrected chi connectivity index (χ1v) is 12.7. The predicted molar refractivity (Wildman–Crippen MR) is 122 cm³/mol. The van der Waals surface area contributed by atoms with Crippen molar-refractivity contribution in [2.24, 2.45) is 0 Å². The van der Waals surface area contributed by atoms with E-state index in [0.717, 1.165) is 10.5 Å². The standard InChI is InChI=1S/C24H24N2O7S/c1-2-25(18-10-11-34(31,32)15-18)21(27)14-33-24(30)17-8-9-19-20(12-17)23(29)26(22(19)28)13-16-6-4-3-5-7-16/h3-9,12,18H,2,10-11,13-15H2,1H3/t18-/m0/s1. The van der Waals surface area contributed by atoms with E-state index in [1.165, 1.54) is 23.1 Å². The normalized spacial score (nSPS) is 18.6. The summed E-state index contributed by atoms with van der Waals surface area (Å²) in [6.45, 7) is 1.59. The maximum atomic E-state index is 12.8. The van der Waals surface area contributed by atoms with E-state index in [4.69, 9.17) is 4.74 Å². The molecule has 34 heavy (non-hydrogen) atoms. The second-order valence-corrected chi connectivity index (χ2v) is 10.5. The van der Waals surface area contributed by atoms with Gasteiger partial charge < -0.3 is 9.64 Å². The Hall–Kier alpha value is -3.53. The molecule has 0 aliphatic carbocycles. The number of carbonyl (C=O) groups is 4. The van der Waals surface area contributed by atoms with E-state index in [-0.39, 0.29) is 34.7 Å². The summed E-state index contributed by atoms with van der Waals surface area (Å²) in [6.07, 6.45) is 0.357. The van der Waals surface area contributed by atoms with Crippen molar-refractivity contribution >= 4 is 33.5 Å². The Balaban J connectivity index is 1.41. The summed E-state index contributed by atoms with van der Waals surface area (Å²) in [6, 6.07) is 12.7.